The Hall–Kier alpha value is 1.74. The molecule has 0 aromatic heterocycles. The summed E-state index contributed by atoms with van der Waals surface area (Å²) in [6.45, 7) is 0. The van der Waals surface area contributed by atoms with Crippen molar-refractivity contribution in [1.82, 2.24) is 0 Å². The fourth-order valence-electron chi connectivity index (χ4n) is 0. The second-order valence-electron chi connectivity index (χ2n) is 0.408. The molecule has 0 saturated carbocycles. The summed E-state index contributed by atoms with van der Waals surface area (Å²) in [6.07, 6.45) is 0. The molecule has 58 valence electrons. The van der Waals surface area contributed by atoms with Gasteiger partial charge in [-0.05, 0) is 0 Å². The number of rotatable bonds is 0. The third-order valence-electron chi connectivity index (χ3n) is 0. The minimum atomic E-state index is -5.17. The van der Waals surface area contributed by atoms with Gasteiger partial charge in [-0.3, -0.25) is 8.42 Å². The minimum absolute atomic E-state index is 0. The molecule has 0 spiro atoms. The maximum Gasteiger partial charge on any atom is 3.00 e. The topological polar surface area (TPSA) is 166 Å². The monoisotopic (exact) mass is 406 g/mol. The normalized spacial score (nSPS) is 5.27. The summed E-state index contributed by atoms with van der Waals surface area (Å²) in [5, 5.41) is 0. The van der Waals surface area contributed by atoms with Gasteiger partial charge in [0.15, 0.2) is 0 Å². The zero-order valence-corrected chi connectivity index (χ0v) is 11.9. The van der Waals surface area contributed by atoms with Crippen molar-refractivity contribution in [3.63, 3.8) is 0 Å². The summed E-state index contributed by atoms with van der Waals surface area (Å²) in [6, 6.07) is 0. The van der Waals surface area contributed by atoms with Crippen molar-refractivity contribution in [3.05, 3.63) is 0 Å². The van der Waals surface area contributed by atoms with E-state index in [1.807, 2.05) is 0 Å². The van der Waals surface area contributed by atoms with Crippen LogP contribution in [0.4, 0.5) is 0 Å². The van der Waals surface area contributed by atoms with Gasteiger partial charge in [0.1, 0.15) is 0 Å². The standard InChI is InChI=1S/2Al.H2O4S.3O.Pb/c;;1-5(2,3)4;;;;/h;;(H2,1,2,3,4);;;;/q2*+3;;3*-2;+2/p-2. The van der Waals surface area contributed by atoms with E-state index in [1.54, 1.807) is 0 Å². The van der Waals surface area contributed by atoms with Gasteiger partial charge in [0.25, 0.3) is 0 Å². The molecule has 0 amide bonds. The van der Waals surface area contributed by atoms with Gasteiger partial charge >= 0.3 is 62.0 Å². The van der Waals surface area contributed by atoms with E-state index in [1.165, 1.54) is 0 Å². The third-order valence-corrected chi connectivity index (χ3v) is 0. The van der Waals surface area contributed by atoms with Crippen LogP contribution in [0, 0.1) is 0 Å². The molecule has 0 aliphatic rings. The first-order valence-electron chi connectivity index (χ1n) is 0.667. The van der Waals surface area contributed by atoms with Crippen LogP contribution in [-0.4, -0.2) is 79.5 Å². The third kappa shape index (κ3) is 369. The molecular weight excluding hydrogens is 405 g/mol. The maximum absolute atomic E-state index is 8.52. The Bertz CT molecular complexity index is 99.6. The Balaban J connectivity index is -0.00000000533. The first kappa shape index (κ1) is 53.3. The number of hydrogen-bond acceptors (Lipinski definition) is 4. The van der Waals surface area contributed by atoms with Gasteiger partial charge < -0.3 is 25.5 Å². The quantitative estimate of drug-likeness (QED) is 0.241. The Kier molecular flexibility index (Phi) is 110. The van der Waals surface area contributed by atoms with Crippen molar-refractivity contribution in [2.45, 2.75) is 0 Å². The van der Waals surface area contributed by atoms with E-state index < -0.39 is 10.4 Å². The number of hydrogen-bond donors (Lipinski definition) is 0. The molecule has 11 heteroatoms. The maximum atomic E-state index is 8.52. The van der Waals surface area contributed by atoms with E-state index in [2.05, 4.69) is 0 Å². The van der Waals surface area contributed by atoms with Crippen LogP contribution in [0.5, 0.6) is 0 Å². The zero-order chi connectivity index (χ0) is 4.50. The van der Waals surface area contributed by atoms with Crippen molar-refractivity contribution >= 4 is 72.4 Å². The van der Waals surface area contributed by atoms with Gasteiger partial charge in [-0.1, -0.05) is 0 Å². The molecule has 0 aliphatic carbocycles. The Morgan fingerprint density at radius 3 is 0.818 bits per heavy atom. The van der Waals surface area contributed by atoms with Crippen LogP contribution < -0.4 is 0 Å². The molecule has 0 N–H and O–H groups in total. The van der Waals surface area contributed by atoms with E-state index in [0.717, 1.165) is 0 Å². The van der Waals surface area contributed by atoms with Crippen molar-refractivity contribution in [2.24, 2.45) is 0 Å². The predicted molar refractivity (Wildman–Crippen MR) is 29.8 cm³/mol. The molecule has 0 bridgehead atoms. The van der Waals surface area contributed by atoms with Gasteiger partial charge in [0.2, 0.25) is 0 Å². The SMILES string of the molecule is O=S(=O)([O-])[O-].[Al+3].[Al+3].[O-2].[O-2].[O-2].[Pb+2]. The van der Waals surface area contributed by atoms with Gasteiger partial charge in [-0.15, -0.1) is 0 Å². The van der Waals surface area contributed by atoms with Gasteiger partial charge in [0, 0.05) is 10.4 Å². The molecule has 0 atom stereocenters. The van der Waals surface area contributed by atoms with E-state index in [0.29, 0.717) is 0 Å². The molecule has 0 aromatic carbocycles. The Labute approximate surface area is 105 Å². The van der Waals surface area contributed by atoms with Crippen molar-refractivity contribution in [3.8, 4) is 0 Å². The molecule has 7 nitrogen and oxygen atoms in total. The molecular formula is Al2O7PbS. The molecule has 11 heavy (non-hydrogen) atoms. The van der Waals surface area contributed by atoms with Crippen molar-refractivity contribution < 1.29 is 34.0 Å². The van der Waals surface area contributed by atoms with E-state index in [9.17, 15) is 0 Å². The van der Waals surface area contributed by atoms with Crippen LogP contribution in [0.2, 0.25) is 0 Å². The van der Waals surface area contributed by atoms with E-state index >= 15 is 0 Å². The molecule has 0 rings (SSSR count). The zero-order valence-electron chi connectivity index (χ0n) is 4.92. The minimum Gasteiger partial charge on any atom is -2.00 e. The van der Waals surface area contributed by atoms with Crippen LogP contribution in [0.1, 0.15) is 0 Å². The molecule has 0 aliphatic heterocycles. The fourth-order valence-corrected chi connectivity index (χ4v) is 0. The van der Waals surface area contributed by atoms with Crippen molar-refractivity contribution in [1.29, 1.82) is 0 Å². The van der Waals surface area contributed by atoms with E-state index in [-0.39, 0.29) is 78.4 Å². The Morgan fingerprint density at radius 2 is 0.818 bits per heavy atom. The molecule has 0 saturated heterocycles. The molecule has 0 fully saturated rings. The summed E-state index contributed by atoms with van der Waals surface area (Å²) >= 11 is 0. The average molecular weight is 405 g/mol. The van der Waals surface area contributed by atoms with Crippen molar-refractivity contribution in [2.75, 3.05) is 0 Å². The first-order chi connectivity index (χ1) is 2.00. The predicted octanol–water partition coefficient (Wildman–Crippen LogP) is -2.84. The summed E-state index contributed by atoms with van der Waals surface area (Å²) < 4.78 is 34.1. The summed E-state index contributed by atoms with van der Waals surface area (Å²) in [4.78, 5) is 0. The summed E-state index contributed by atoms with van der Waals surface area (Å²) in [5.74, 6) is 0. The molecule has 2 radical (unpaired) electrons. The Morgan fingerprint density at radius 1 is 0.818 bits per heavy atom. The van der Waals surface area contributed by atoms with Crippen LogP contribution in [-0.2, 0) is 26.8 Å². The smallest absolute Gasteiger partial charge is 2.00 e. The molecule has 0 heterocycles. The molecule has 0 aromatic rings. The van der Waals surface area contributed by atoms with Crippen LogP contribution in [0.3, 0.4) is 0 Å². The second-order valence-corrected chi connectivity index (χ2v) is 1.22. The van der Waals surface area contributed by atoms with Gasteiger partial charge in [-0.25, -0.2) is 0 Å². The van der Waals surface area contributed by atoms with Crippen LogP contribution in [0.25, 0.3) is 0 Å². The summed E-state index contributed by atoms with van der Waals surface area (Å²) in [5.41, 5.74) is 0. The van der Waals surface area contributed by atoms with Crippen LogP contribution in [0.15, 0.2) is 0 Å². The molecule has 0 unspecified atom stereocenters. The van der Waals surface area contributed by atoms with Gasteiger partial charge in [-0.2, -0.15) is 0 Å². The van der Waals surface area contributed by atoms with E-state index in [4.69, 9.17) is 17.5 Å². The van der Waals surface area contributed by atoms with Crippen LogP contribution >= 0.6 is 0 Å². The second kappa shape index (κ2) is 22.6. The summed E-state index contributed by atoms with van der Waals surface area (Å²) in [7, 11) is -5.17. The first-order valence-corrected chi connectivity index (χ1v) is 2.00. The largest absolute Gasteiger partial charge is 3.00 e. The fraction of sp³-hybridized carbons (Fsp3) is 0. The average Bonchev–Trinajstić information content (AvgIpc) is 0.722. The van der Waals surface area contributed by atoms with Gasteiger partial charge in [0.05, 0.1) is 0 Å².